The average Bonchev–Trinajstić information content (AvgIpc) is 3.35. The molecule has 9 nitrogen and oxygen atoms in total. The molecule has 3 heterocycles. The number of rotatable bonds is 0. The molecule has 202 valence electrons. The van der Waals surface area contributed by atoms with E-state index in [0.717, 1.165) is 13.2 Å². The average molecular weight is 578 g/mol. The summed E-state index contributed by atoms with van der Waals surface area (Å²) < 4.78 is 15.2. The molecule has 3 rings (SSSR count). The van der Waals surface area contributed by atoms with E-state index in [9.17, 15) is 19.5 Å². The predicted octanol–water partition coefficient (Wildman–Crippen LogP) is 0.445. The fraction of sp³-hybridized carbons (Fsp3) is 0.833. The van der Waals surface area contributed by atoms with E-state index in [1.54, 1.807) is 11.8 Å². The number of hydrogen-bond donors (Lipinski definition) is 1. The van der Waals surface area contributed by atoms with E-state index in [1.165, 1.54) is 17.7 Å². The van der Waals surface area contributed by atoms with Gasteiger partial charge in [0, 0.05) is 32.7 Å². The van der Waals surface area contributed by atoms with Crippen LogP contribution < -0.4 is 17.0 Å². The van der Waals surface area contributed by atoms with E-state index in [1.807, 2.05) is 41.5 Å². The predicted molar refractivity (Wildman–Crippen MR) is 133 cm³/mol. The molecule has 0 bridgehead atoms. The summed E-state index contributed by atoms with van der Waals surface area (Å²) in [5.41, 5.74) is -1.70. The summed E-state index contributed by atoms with van der Waals surface area (Å²) in [7, 11) is 0. The first kappa shape index (κ1) is 38.9. The van der Waals surface area contributed by atoms with Crippen molar-refractivity contribution < 1.29 is 50.7 Å². The van der Waals surface area contributed by atoms with E-state index in [4.69, 9.17) is 14.2 Å². The van der Waals surface area contributed by atoms with E-state index in [0.29, 0.717) is 32.5 Å². The number of hydrogen-bond acceptors (Lipinski definition) is 7. The first-order valence-electron chi connectivity index (χ1n) is 11.4. The Labute approximate surface area is 238 Å². The summed E-state index contributed by atoms with van der Waals surface area (Å²) in [5.74, 6) is 0.103. The van der Waals surface area contributed by atoms with Gasteiger partial charge >= 0.3 is 35.2 Å². The molecule has 3 aliphatic heterocycles. The number of ketones is 1. The van der Waals surface area contributed by atoms with Gasteiger partial charge in [0.05, 0.1) is 18.7 Å². The van der Waals surface area contributed by atoms with Crippen LogP contribution in [-0.2, 0) is 19.0 Å². The Kier molecular flexibility index (Phi) is 18.9. The van der Waals surface area contributed by atoms with Gasteiger partial charge in [0.1, 0.15) is 11.2 Å². The number of β-amino-alcohol motifs (C(OH)–C–C–N with tert-alkyl or cyclic N) is 1. The third-order valence-electron chi connectivity index (χ3n) is 4.61. The topological polar surface area (TPSA) is 106 Å². The van der Waals surface area contributed by atoms with Gasteiger partial charge in [-0.25, -0.2) is 9.59 Å². The largest absolute Gasteiger partial charge is 2.00 e. The number of halogens is 1. The fourth-order valence-electron chi connectivity index (χ4n) is 3.05. The number of aliphatic hydroxyl groups is 1. The molecule has 35 heavy (non-hydrogen) atoms. The first-order chi connectivity index (χ1) is 14.6. The van der Waals surface area contributed by atoms with Crippen molar-refractivity contribution in [3.63, 3.8) is 0 Å². The van der Waals surface area contributed by atoms with Gasteiger partial charge in [-0.05, 0) is 67.7 Å². The van der Waals surface area contributed by atoms with Crippen LogP contribution in [0.25, 0.3) is 0 Å². The number of Topliss-reactive ketones (excluding diaryl/α,β-unsaturated/α-hetero) is 1. The molecule has 1 atom stereocenters. The number of ether oxygens (including phenoxy) is 3. The Hall–Kier alpha value is -0.624. The molecule has 0 aromatic heterocycles. The smallest absolute Gasteiger partial charge is 1.00 e. The van der Waals surface area contributed by atoms with Crippen molar-refractivity contribution in [3.8, 4) is 0 Å². The van der Waals surface area contributed by atoms with Crippen molar-refractivity contribution in [2.75, 3.05) is 39.4 Å². The summed E-state index contributed by atoms with van der Waals surface area (Å²) in [6.45, 7) is 16.3. The Balaban J connectivity index is -0.000000456. The molecular formula is C24H45BrMgN2O7. The Morgan fingerprint density at radius 2 is 1.40 bits per heavy atom. The summed E-state index contributed by atoms with van der Waals surface area (Å²) in [6.07, 6.45) is 2.90. The molecule has 0 aliphatic carbocycles. The maximum absolute atomic E-state index is 11.5. The minimum Gasteiger partial charge on any atom is -1.00 e. The number of likely N-dealkylation sites (tertiary alicyclic amines) is 2. The van der Waals surface area contributed by atoms with Crippen molar-refractivity contribution in [1.82, 2.24) is 9.80 Å². The molecular weight excluding hydrogens is 532 g/mol. The summed E-state index contributed by atoms with van der Waals surface area (Å²) >= 11 is 0. The van der Waals surface area contributed by atoms with Crippen molar-refractivity contribution in [1.29, 1.82) is 0 Å². The standard InChI is InChI=1S/C10H19NO3.C9H15NO3.C4H8O.CH3.BrH.Mg/c1-9(2,3)14-8(12)11-6-5-10(4,13)7-11;1-9(2,3)13-8(12)10-5-4-7(11)6-10;1-2-4-5-3-1;;;/h13H,5-7H2,1-4H3;4-6H2,1-3H3;1-4H2;1H3;1H;/q;;;-1;;+2/p-1. The molecule has 1 unspecified atom stereocenters. The van der Waals surface area contributed by atoms with Crippen LogP contribution in [0.3, 0.4) is 0 Å². The van der Waals surface area contributed by atoms with Crippen molar-refractivity contribution in [2.24, 2.45) is 0 Å². The van der Waals surface area contributed by atoms with Crippen LogP contribution in [-0.4, -0.2) is 112 Å². The number of nitrogens with zero attached hydrogens (tertiary/aromatic N) is 2. The summed E-state index contributed by atoms with van der Waals surface area (Å²) in [6, 6.07) is 0. The van der Waals surface area contributed by atoms with E-state index in [2.05, 4.69) is 0 Å². The van der Waals surface area contributed by atoms with Crippen LogP contribution in [0, 0.1) is 7.43 Å². The zero-order valence-electron chi connectivity index (χ0n) is 22.9. The second-order valence-corrected chi connectivity index (χ2v) is 10.7. The maximum Gasteiger partial charge on any atom is 2.00 e. The van der Waals surface area contributed by atoms with Gasteiger partial charge < -0.3 is 53.5 Å². The molecule has 1 N–H and O–H groups in total. The van der Waals surface area contributed by atoms with Crippen LogP contribution >= 0.6 is 0 Å². The zero-order chi connectivity index (χ0) is 24.6. The van der Waals surface area contributed by atoms with Gasteiger partial charge in [-0.1, -0.05) is 0 Å². The molecule has 3 aliphatic rings. The van der Waals surface area contributed by atoms with Crippen LogP contribution in [0.5, 0.6) is 0 Å². The van der Waals surface area contributed by atoms with Gasteiger partial charge in [-0.3, -0.25) is 4.79 Å². The molecule has 0 radical (unpaired) electrons. The van der Waals surface area contributed by atoms with Crippen LogP contribution in [0.4, 0.5) is 9.59 Å². The van der Waals surface area contributed by atoms with Gasteiger partial charge in [-0.15, -0.1) is 0 Å². The monoisotopic (exact) mass is 576 g/mol. The minimum absolute atomic E-state index is 0. The van der Waals surface area contributed by atoms with Crippen LogP contribution in [0.2, 0.25) is 0 Å². The Bertz CT molecular complexity index is 637. The minimum atomic E-state index is -0.753. The number of amides is 2. The fourth-order valence-corrected chi connectivity index (χ4v) is 3.05. The third kappa shape index (κ3) is 18.3. The van der Waals surface area contributed by atoms with Gasteiger partial charge in [0.15, 0.2) is 5.78 Å². The van der Waals surface area contributed by atoms with Crippen molar-refractivity contribution >= 4 is 41.0 Å². The quantitative estimate of drug-likeness (QED) is 0.329. The normalized spacial score (nSPS) is 21.2. The second-order valence-electron chi connectivity index (χ2n) is 10.7. The number of carbonyl (C=O) groups is 3. The first-order valence-corrected chi connectivity index (χ1v) is 11.4. The molecule has 0 saturated carbocycles. The van der Waals surface area contributed by atoms with Crippen molar-refractivity contribution in [2.45, 2.75) is 91.0 Å². The van der Waals surface area contributed by atoms with Gasteiger partial charge in [0.2, 0.25) is 0 Å². The van der Waals surface area contributed by atoms with E-state index < -0.39 is 22.9 Å². The van der Waals surface area contributed by atoms with Crippen LogP contribution in [0.1, 0.15) is 74.1 Å². The van der Waals surface area contributed by atoms with E-state index >= 15 is 0 Å². The maximum atomic E-state index is 11.5. The van der Waals surface area contributed by atoms with Gasteiger partial charge in [0.25, 0.3) is 0 Å². The third-order valence-corrected chi connectivity index (χ3v) is 4.61. The molecule has 0 aromatic rings. The Morgan fingerprint density at radius 3 is 1.69 bits per heavy atom. The molecule has 3 saturated heterocycles. The SMILES string of the molecule is C1CCOC1.CC(C)(C)OC(=O)N1CCC(=O)C1.CC1(O)CCN(C(=O)OC(C)(C)C)C1.[Br-].[CH3-].[Mg+2]. The Morgan fingerprint density at radius 1 is 0.943 bits per heavy atom. The molecule has 3 fully saturated rings. The molecule has 0 aromatic carbocycles. The molecule has 11 heteroatoms. The van der Waals surface area contributed by atoms with Crippen molar-refractivity contribution in [3.05, 3.63) is 7.43 Å². The van der Waals surface area contributed by atoms with Crippen LogP contribution in [0.15, 0.2) is 0 Å². The van der Waals surface area contributed by atoms with E-state index in [-0.39, 0.29) is 65.9 Å². The number of carbonyl (C=O) groups excluding carboxylic acids is 3. The molecule has 0 spiro atoms. The van der Waals surface area contributed by atoms with Gasteiger partial charge in [-0.2, -0.15) is 0 Å². The summed E-state index contributed by atoms with van der Waals surface area (Å²) in [4.78, 5) is 36.8. The second kappa shape index (κ2) is 17.0. The molecule has 2 amide bonds. The summed E-state index contributed by atoms with van der Waals surface area (Å²) in [5, 5.41) is 9.66. The zero-order valence-corrected chi connectivity index (χ0v) is 25.9.